The summed E-state index contributed by atoms with van der Waals surface area (Å²) in [7, 11) is 0. The van der Waals surface area contributed by atoms with E-state index in [1.807, 2.05) is 0 Å². The van der Waals surface area contributed by atoms with Crippen molar-refractivity contribution in [2.75, 3.05) is 26.4 Å². The maximum atomic E-state index is 13.1. The van der Waals surface area contributed by atoms with E-state index in [4.69, 9.17) is 21.1 Å². The molecule has 0 spiro atoms. The van der Waals surface area contributed by atoms with Crippen LogP contribution >= 0.6 is 11.6 Å². The van der Waals surface area contributed by atoms with Crippen LogP contribution in [0.25, 0.3) is 0 Å². The van der Waals surface area contributed by atoms with Crippen molar-refractivity contribution in [2.24, 2.45) is 0 Å². The second-order valence-corrected chi connectivity index (χ2v) is 5.45. The van der Waals surface area contributed by atoms with Crippen LogP contribution in [0.5, 0.6) is 0 Å². The van der Waals surface area contributed by atoms with Gasteiger partial charge in [0.1, 0.15) is 5.82 Å². The summed E-state index contributed by atoms with van der Waals surface area (Å²) in [5.74, 6) is -0.297. The van der Waals surface area contributed by atoms with E-state index in [-0.39, 0.29) is 11.9 Å². The van der Waals surface area contributed by atoms with Gasteiger partial charge in [-0.15, -0.1) is 0 Å². The van der Waals surface area contributed by atoms with Gasteiger partial charge >= 0.3 is 0 Å². The Kier molecular flexibility index (Phi) is 6.73. The average molecular weight is 302 g/mol. The van der Waals surface area contributed by atoms with Gasteiger partial charge in [-0.1, -0.05) is 11.6 Å². The molecule has 2 rings (SSSR count). The summed E-state index contributed by atoms with van der Waals surface area (Å²) < 4.78 is 24.1. The van der Waals surface area contributed by atoms with Crippen LogP contribution in [-0.4, -0.2) is 32.5 Å². The van der Waals surface area contributed by atoms with Gasteiger partial charge in [-0.05, 0) is 49.6 Å². The first-order chi connectivity index (χ1) is 9.74. The first-order valence-electron chi connectivity index (χ1n) is 7.09. The van der Waals surface area contributed by atoms with E-state index in [0.717, 1.165) is 44.6 Å². The topological polar surface area (TPSA) is 30.5 Å². The molecule has 0 aromatic heterocycles. The summed E-state index contributed by atoms with van der Waals surface area (Å²) in [6.07, 6.45) is 3.47. The molecule has 0 amide bonds. The first-order valence-corrected chi connectivity index (χ1v) is 7.47. The first kappa shape index (κ1) is 15.7. The highest BCUT2D eigenvalue weighted by molar-refractivity contribution is 6.30. The molecule has 1 fully saturated rings. The Morgan fingerprint density at radius 3 is 3.05 bits per heavy atom. The molecule has 1 N–H and O–H groups in total. The number of halogens is 2. The minimum absolute atomic E-state index is 0.289. The number of hydrogen-bond acceptors (Lipinski definition) is 3. The molecule has 1 aromatic carbocycles. The number of nitrogens with one attached hydrogen (secondary N) is 1. The summed E-state index contributed by atoms with van der Waals surface area (Å²) in [5.41, 5.74) is 0.857. The van der Waals surface area contributed by atoms with Crippen LogP contribution in [0.3, 0.4) is 0 Å². The molecule has 1 atom stereocenters. The van der Waals surface area contributed by atoms with Crippen molar-refractivity contribution in [3.8, 4) is 0 Å². The molecule has 1 heterocycles. The Morgan fingerprint density at radius 2 is 2.30 bits per heavy atom. The molecular formula is C15H21ClFNO2. The molecular weight excluding hydrogens is 281 g/mol. The van der Waals surface area contributed by atoms with Crippen LogP contribution in [0.15, 0.2) is 18.2 Å². The van der Waals surface area contributed by atoms with E-state index in [1.165, 1.54) is 12.1 Å². The van der Waals surface area contributed by atoms with Crippen LogP contribution in [0.4, 0.5) is 4.39 Å². The standard InChI is InChI=1S/C15H21ClFNO2/c16-13-7-12(8-14(17)9-13)10-18-4-2-5-19-11-15-3-1-6-20-15/h7-9,15,18H,1-6,10-11H2. The molecule has 0 aliphatic carbocycles. The van der Waals surface area contributed by atoms with Crippen molar-refractivity contribution in [1.29, 1.82) is 0 Å². The Hall–Kier alpha value is -0.680. The Bertz CT molecular complexity index is 391. The summed E-state index contributed by atoms with van der Waals surface area (Å²) >= 11 is 5.79. The molecule has 0 bridgehead atoms. The fraction of sp³-hybridized carbons (Fsp3) is 0.600. The molecule has 112 valence electrons. The highest BCUT2D eigenvalue weighted by Gasteiger charge is 2.14. The van der Waals surface area contributed by atoms with Gasteiger partial charge in [0.2, 0.25) is 0 Å². The quantitative estimate of drug-likeness (QED) is 0.748. The zero-order valence-electron chi connectivity index (χ0n) is 11.5. The Labute approximate surface area is 124 Å². The van der Waals surface area contributed by atoms with E-state index in [9.17, 15) is 4.39 Å². The SMILES string of the molecule is Fc1cc(Cl)cc(CNCCCOCC2CCCO2)c1. The van der Waals surface area contributed by atoms with Crippen molar-refractivity contribution in [3.05, 3.63) is 34.6 Å². The van der Waals surface area contributed by atoms with E-state index in [2.05, 4.69) is 5.32 Å². The minimum atomic E-state index is -0.297. The highest BCUT2D eigenvalue weighted by atomic mass is 35.5. The lowest BCUT2D eigenvalue weighted by Crippen LogP contribution is -2.19. The van der Waals surface area contributed by atoms with Crippen molar-refractivity contribution >= 4 is 11.6 Å². The van der Waals surface area contributed by atoms with Gasteiger partial charge in [-0.2, -0.15) is 0 Å². The Morgan fingerprint density at radius 1 is 1.40 bits per heavy atom. The van der Waals surface area contributed by atoms with Crippen LogP contribution in [0.1, 0.15) is 24.8 Å². The fourth-order valence-corrected chi connectivity index (χ4v) is 2.48. The average Bonchev–Trinajstić information content (AvgIpc) is 2.89. The third kappa shape index (κ3) is 5.75. The Balaban J connectivity index is 1.50. The number of rotatable bonds is 8. The summed E-state index contributed by atoms with van der Waals surface area (Å²) in [5, 5.41) is 3.68. The monoisotopic (exact) mass is 301 g/mol. The molecule has 1 aromatic rings. The molecule has 0 saturated carbocycles. The van der Waals surface area contributed by atoms with Crippen LogP contribution in [-0.2, 0) is 16.0 Å². The van der Waals surface area contributed by atoms with Gasteiger partial charge in [-0.25, -0.2) is 4.39 Å². The zero-order chi connectivity index (χ0) is 14.2. The zero-order valence-corrected chi connectivity index (χ0v) is 12.3. The molecule has 5 heteroatoms. The molecule has 1 aliphatic heterocycles. The third-order valence-electron chi connectivity index (χ3n) is 3.22. The lowest BCUT2D eigenvalue weighted by Gasteiger charge is -2.10. The molecule has 1 saturated heterocycles. The fourth-order valence-electron chi connectivity index (χ4n) is 2.24. The molecule has 0 radical (unpaired) electrons. The number of benzene rings is 1. The third-order valence-corrected chi connectivity index (χ3v) is 3.44. The van der Waals surface area contributed by atoms with E-state index < -0.39 is 0 Å². The summed E-state index contributed by atoms with van der Waals surface area (Å²) in [6, 6.07) is 4.57. The van der Waals surface area contributed by atoms with Gasteiger partial charge in [0, 0.05) is 24.8 Å². The predicted molar refractivity (Wildman–Crippen MR) is 77.5 cm³/mol. The predicted octanol–water partition coefficient (Wildman–Crippen LogP) is 3.15. The summed E-state index contributed by atoms with van der Waals surface area (Å²) in [6.45, 7) is 3.73. The molecule has 1 aliphatic rings. The van der Waals surface area contributed by atoms with Gasteiger partial charge in [0.05, 0.1) is 12.7 Å². The van der Waals surface area contributed by atoms with Crippen molar-refractivity contribution in [1.82, 2.24) is 5.32 Å². The van der Waals surface area contributed by atoms with Crippen LogP contribution in [0, 0.1) is 5.82 Å². The maximum absolute atomic E-state index is 13.1. The van der Waals surface area contributed by atoms with E-state index in [1.54, 1.807) is 6.07 Å². The normalized spacial score (nSPS) is 18.6. The number of ether oxygens (including phenoxy) is 2. The maximum Gasteiger partial charge on any atom is 0.125 e. The lowest BCUT2D eigenvalue weighted by molar-refractivity contribution is 0.0166. The molecule has 3 nitrogen and oxygen atoms in total. The van der Waals surface area contributed by atoms with Crippen LogP contribution in [0.2, 0.25) is 5.02 Å². The van der Waals surface area contributed by atoms with Gasteiger partial charge in [0.25, 0.3) is 0 Å². The molecule has 1 unspecified atom stereocenters. The number of hydrogen-bond donors (Lipinski definition) is 1. The van der Waals surface area contributed by atoms with Crippen molar-refractivity contribution < 1.29 is 13.9 Å². The summed E-state index contributed by atoms with van der Waals surface area (Å²) in [4.78, 5) is 0. The van der Waals surface area contributed by atoms with Crippen LogP contribution < -0.4 is 5.32 Å². The van der Waals surface area contributed by atoms with E-state index in [0.29, 0.717) is 18.2 Å². The van der Waals surface area contributed by atoms with Gasteiger partial charge < -0.3 is 14.8 Å². The van der Waals surface area contributed by atoms with E-state index >= 15 is 0 Å². The molecule has 20 heavy (non-hydrogen) atoms. The van der Waals surface area contributed by atoms with Crippen molar-refractivity contribution in [3.63, 3.8) is 0 Å². The van der Waals surface area contributed by atoms with Gasteiger partial charge in [-0.3, -0.25) is 0 Å². The second-order valence-electron chi connectivity index (χ2n) is 5.02. The lowest BCUT2D eigenvalue weighted by atomic mass is 10.2. The highest BCUT2D eigenvalue weighted by Crippen LogP contribution is 2.14. The van der Waals surface area contributed by atoms with Crippen molar-refractivity contribution in [2.45, 2.75) is 31.9 Å². The minimum Gasteiger partial charge on any atom is -0.379 e. The largest absolute Gasteiger partial charge is 0.379 e. The second kappa shape index (κ2) is 8.57. The van der Waals surface area contributed by atoms with Gasteiger partial charge in [0.15, 0.2) is 0 Å². The smallest absolute Gasteiger partial charge is 0.125 e.